The lowest BCUT2D eigenvalue weighted by molar-refractivity contribution is -0.128. The zero-order chi connectivity index (χ0) is 23.8. The fraction of sp³-hybridized carbons (Fsp3) is 0.320. The molecule has 1 amide bonds. The molecule has 0 unspecified atom stereocenters. The molecule has 1 aromatic heterocycles. The molecule has 0 radical (unpaired) electrons. The number of H-pyrrole nitrogens is 1. The molecule has 1 aliphatic rings. The van der Waals surface area contributed by atoms with Crippen LogP contribution >= 0.6 is 11.6 Å². The Balaban J connectivity index is 1.59. The third-order valence-electron chi connectivity index (χ3n) is 5.22. The lowest BCUT2D eigenvalue weighted by Gasteiger charge is -2.17. The molecule has 0 aliphatic heterocycles. The Morgan fingerprint density at radius 1 is 1.27 bits per heavy atom. The monoisotopic (exact) mass is 466 g/mol. The van der Waals surface area contributed by atoms with E-state index in [1.165, 1.54) is 6.07 Å². The highest BCUT2D eigenvalue weighted by Gasteiger charge is 2.21. The molecule has 1 aliphatic carbocycles. The molecule has 4 rings (SSSR count). The van der Waals surface area contributed by atoms with Gasteiger partial charge in [0.05, 0.1) is 16.3 Å². The summed E-state index contributed by atoms with van der Waals surface area (Å²) in [5.41, 5.74) is 0.830. The summed E-state index contributed by atoms with van der Waals surface area (Å²) in [6.07, 6.45) is 2.14. The average Bonchev–Trinajstić information content (AvgIpc) is 3.51. The second-order valence-corrected chi connectivity index (χ2v) is 9.55. The van der Waals surface area contributed by atoms with Crippen molar-refractivity contribution in [3.63, 3.8) is 0 Å². The number of carbonyl (C=O) groups excluding carboxylic acids is 1. The van der Waals surface area contributed by atoms with E-state index >= 15 is 0 Å². The van der Waals surface area contributed by atoms with E-state index in [2.05, 4.69) is 27.2 Å². The van der Waals surface area contributed by atoms with Gasteiger partial charge in [0.25, 0.3) is 0 Å². The number of hydrogen-bond acceptors (Lipinski definition) is 3. The van der Waals surface area contributed by atoms with Gasteiger partial charge in [0.2, 0.25) is 5.91 Å². The minimum absolute atomic E-state index is 0.0921. The number of nitrogens with one attached hydrogen (secondary N) is 2. The zero-order valence-corrected chi connectivity index (χ0v) is 19.4. The van der Waals surface area contributed by atoms with Crippen LogP contribution in [0.1, 0.15) is 44.7 Å². The molecule has 2 aromatic carbocycles. The van der Waals surface area contributed by atoms with Gasteiger partial charge in [-0.1, -0.05) is 50.3 Å². The van der Waals surface area contributed by atoms with E-state index in [0.717, 1.165) is 23.1 Å². The van der Waals surface area contributed by atoms with Crippen LogP contribution in [0.2, 0.25) is 5.02 Å². The summed E-state index contributed by atoms with van der Waals surface area (Å²) in [4.78, 5) is 27.4. The highest BCUT2D eigenvalue weighted by molar-refractivity contribution is 6.32. The minimum Gasteiger partial charge on any atom is -0.352 e. The van der Waals surface area contributed by atoms with Gasteiger partial charge in [-0.25, -0.2) is 9.18 Å². The van der Waals surface area contributed by atoms with Gasteiger partial charge in [-0.2, -0.15) is 4.68 Å². The van der Waals surface area contributed by atoms with Crippen LogP contribution in [0.4, 0.5) is 4.39 Å². The van der Waals surface area contributed by atoms with Crippen LogP contribution in [0.5, 0.6) is 0 Å². The Morgan fingerprint density at radius 3 is 2.70 bits per heavy atom. The van der Waals surface area contributed by atoms with E-state index in [-0.39, 0.29) is 18.3 Å². The van der Waals surface area contributed by atoms with Crippen LogP contribution < -0.4 is 11.0 Å². The summed E-state index contributed by atoms with van der Waals surface area (Å²) in [6.45, 7) is 5.77. The molecule has 3 aromatic rings. The van der Waals surface area contributed by atoms with Gasteiger partial charge in [-0.05, 0) is 48.7 Å². The highest BCUT2D eigenvalue weighted by atomic mass is 35.5. The summed E-state index contributed by atoms with van der Waals surface area (Å²) < 4.78 is 15.6. The van der Waals surface area contributed by atoms with Crippen molar-refractivity contribution >= 4 is 17.5 Å². The van der Waals surface area contributed by atoms with E-state index in [1.54, 1.807) is 30.3 Å². The fourth-order valence-electron chi connectivity index (χ4n) is 3.07. The maximum atomic E-state index is 14.5. The molecule has 1 heterocycles. The summed E-state index contributed by atoms with van der Waals surface area (Å²) >= 11 is 6.33. The van der Waals surface area contributed by atoms with Crippen molar-refractivity contribution in [2.24, 2.45) is 11.3 Å². The van der Waals surface area contributed by atoms with Crippen molar-refractivity contribution in [2.75, 3.05) is 0 Å². The number of benzene rings is 2. The van der Waals surface area contributed by atoms with Gasteiger partial charge in [0.15, 0.2) is 5.82 Å². The molecule has 0 spiro atoms. The van der Waals surface area contributed by atoms with Gasteiger partial charge >= 0.3 is 5.69 Å². The SMILES string of the molecule is CC(C)(C)C(=O)NCc1ccc(Cl)c(-n2nc(-c3ccc(C#CC4CC4)c(F)c3)[nH]c2=O)c1. The molecule has 1 saturated carbocycles. The first-order valence-corrected chi connectivity index (χ1v) is 11.1. The van der Waals surface area contributed by atoms with Crippen LogP contribution in [0, 0.1) is 29.0 Å². The standard InChI is InChI=1S/C25H24ClFN4O2/c1-25(2,3)23(32)28-14-16-7-11-19(26)21(12-16)31-24(33)29-22(30-31)18-10-9-17(20(27)13-18)8-6-15-4-5-15/h7,9-13,15H,4-5,14H2,1-3H3,(H,28,32)(H,29,30,33). The molecule has 0 bridgehead atoms. The van der Waals surface area contributed by atoms with E-state index in [1.807, 2.05) is 20.8 Å². The fourth-order valence-corrected chi connectivity index (χ4v) is 3.26. The predicted molar refractivity (Wildman–Crippen MR) is 125 cm³/mol. The highest BCUT2D eigenvalue weighted by Crippen LogP contribution is 2.28. The van der Waals surface area contributed by atoms with Crippen molar-refractivity contribution < 1.29 is 9.18 Å². The molecule has 0 saturated heterocycles. The maximum absolute atomic E-state index is 14.5. The molecule has 8 heteroatoms. The quantitative estimate of drug-likeness (QED) is 0.558. The number of amides is 1. The third-order valence-corrected chi connectivity index (χ3v) is 5.54. The lowest BCUT2D eigenvalue weighted by atomic mass is 9.95. The van der Waals surface area contributed by atoms with E-state index in [9.17, 15) is 14.0 Å². The van der Waals surface area contributed by atoms with Crippen molar-refractivity contribution in [1.82, 2.24) is 20.1 Å². The van der Waals surface area contributed by atoms with Crippen molar-refractivity contribution in [3.05, 3.63) is 68.8 Å². The third kappa shape index (κ3) is 5.35. The molecular formula is C25H24ClFN4O2. The smallest absolute Gasteiger partial charge is 0.348 e. The summed E-state index contributed by atoms with van der Waals surface area (Å²) in [6, 6.07) is 9.66. The molecule has 170 valence electrons. The Morgan fingerprint density at radius 2 is 2.03 bits per heavy atom. The average molecular weight is 467 g/mol. The summed E-state index contributed by atoms with van der Waals surface area (Å²) in [7, 11) is 0. The Kier molecular flexibility index (Phi) is 6.13. The first-order valence-electron chi connectivity index (χ1n) is 10.7. The van der Waals surface area contributed by atoms with Crippen molar-refractivity contribution in [3.8, 4) is 28.9 Å². The second kappa shape index (κ2) is 8.87. The lowest BCUT2D eigenvalue weighted by Crippen LogP contribution is -2.34. The number of aromatic amines is 1. The number of halogens is 2. The number of nitrogens with zero attached hydrogens (tertiary/aromatic N) is 2. The Labute approximate surface area is 196 Å². The van der Waals surface area contributed by atoms with Crippen molar-refractivity contribution in [2.45, 2.75) is 40.2 Å². The van der Waals surface area contributed by atoms with Gasteiger partial charge in [-0.15, -0.1) is 5.10 Å². The van der Waals surface area contributed by atoms with Crippen LogP contribution in [-0.2, 0) is 11.3 Å². The number of rotatable bonds is 4. The molecule has 0 atom stereocenters. The van der Waals surface area contributed by atoms with Crippen LogP contribution in [0.15, 0.2) is 41.2 Å². The molecule has 1 fully saturated rings. The minimum atomic E-state index is -0.516. The van der Waals surface area contributed by atoms with Gasteiger partial charge in [-0.3, -0.25) is 9.78 Å². The number of aromatic nitrogens is 3. The van der Waals surface area contributed by atoms with Gasteiger partial charge < -0.3 is 5.32 Å². The normalized spacial score (nSPS) is 13.4. The predicted octanol–water partition coefficient (Wildman–Crippen LogP) is 4.44. The largest absolute Gasteiger partial charge is 0.352 e. The first kappa shape index (κ1) is 22.8. The molecule has 33 heavy (non-hydrogen) atoms. The summed E-state index contributed by atoms with van der Waals surface area (Å²) in [5, 5.41) is 7.50. The molecule has 6 nitrogen and oxygen atoms in total. The van der Waals surface area contributed by atoms with Crippen molar-refractivity contribution in [1.29, 1.82) is 0 Å². The topological polar surface area (TPSA) is 79.8 Å². The maximum Gasteiger partial charge on any atom is 0.348 e. The van der Waals surface area contributed by atoms with Crippen LogP contribution in [-0.4, -0.2) is 20.7 Å². The second-order valence-electron chi connectivity index (χ2n) is 9.15. The van der Waals surface area contributed by atoms with Crippen LogP contribution in [0.25, 0.3) is 17.1 Å². The van der Waals surface area contributed by atoms with E-state index in [4.69, 9.17) is 11.6 Å². The van der Waals surface area contributed by atoms with Gasteiger partial charge in [0.1, 0.15) is 5.82 Å². The van der Waals surface area contributed by atoms with E-state index in [0.29, 0.717) is 27.8 Å². The summed E-state index contributed by atoms with van der Waals surface area (Å²) in [5.74, 6) is 5.93. The Bertz CT molecular complexity index is 1340. The molecular weight excluding hydrogens is 443 g/mol. The first-order chi connectivity index (χ1) is 15.6. The number of hydrogen-bond donors (Lipinski definition) is 2. The number of carbonyl (C=O) groups is 1. The Hall–Kier alpha value is -3.37. The zero-order valence-electron chi connectivity index (χ0n) is 18.6. The van der Waals surface area contributed by atoms with E-state index < -0.39 is 16.9 Å². The van der Waals surface area contributed by atoms with Crippen LogP contribution in [0.3, 0.4) is 0 Å². The van der Waals surface area contributed by atoms with Gasteiger partial charge in [0, 0.05) is 23.4 Å². The molecule has 2 N–H and O–H groups in total.